The lowest BCUT2D eigenvalue weighted by Crippen LogP contribution is -2.10. The molecule has 0 radical (unpaired) electrons. The minimum atomic E-state index is -0.186. The van der Waals surface area contributed by atoms with Crippen molar-refractivity contribution in [1.82, 2.24) is 0 Å². The molecule has 1 aromatic carbocycles. The van der Waals surface area contributed by atoms with E-state index in [1.165, 1.54) is 0 Å². The van der Waals surface area contributed by atoms with Crippen LogP contribution in [0.15, 0.2) is 22.7 Å². The topological polar surface area (TPSA) is 49.8 Å². The second-order valence-corrected chi connectivity index (χ2v) is 4.71. The minimum absolute atomic E-state index is 0.186. The molecule has 2 nitrogen and oxygen atoms in total. The van der Waals surface area contributed by atoms with Crippen LogP contribution >= 0.6 is 38.5 Å². The first-order valence-electron chi connectivity index (χ1n) is 3.72. The summed E-state index contributed by atoms with van der Waals surface area (Å²) in [7, 11) is 0. The third-order valence-electron chi connectivity index (χ3n) is 1.67. The van der Waals surface area contributed by atoms with Crippen molar-refractivity contribution in [2.45, 2.75) is 12.5 Å². The van der Waals surface area contributed by atoms with Gasteiger partial charge in [0, 0.05) is 14.1 Å². The van der Waals surface area contributed by atoms with E-state index in [9.17, 15) is 0 Å². The number of nitrogens with zero attached hydrogens (tertiary/aromatic N) is 1. The lowest BCUT2D eigenvalue weighted by molar-refractivity contribution is 0.743. The average Bonchev–Trinajstić information content (AvgIpc) is 2.09. The number of hydrogen-bond donors (Lipinski definition) is 1. The summed E-state index contributed by atoms with van der Waals surface area (Å²) >= 11 is 5.60. The zero-order valence-electron chi connectivity index (χ0n) is 6.80. The van der Waals surface area contributed by atoms with Gasteiger partial charge >= 0.3 is 0 Å². The van der Waals surface area contributed by atoms with Crippen LogP contribution in [0, 0.1) is 14.9 Å². The molecule has 2 N–H and O–H groups in total. The van der Waals surface area contributed by atoms with Gasteiger partial charge in [0.1, 0.15) is 0 Å². The van der Waals surface area contributed by atoms with E-state index < -0.39 is 0 Å². The molecule has 1 atom stereocenters. The molecule has 0 aliphatic rings. The van der Waals surface area contributed by atoms with E-state index in [1.54, 1.807) is 0 Å². The average molecular weight is 351 g/mol. The summed E-state index contributed by atoms with van der Waals surface area (Å²) in [5, 5.41) is 8.51. The Morgan fingerprint density at radius 3 is 2.92 bits per heavy atom. The molecular weight excluding hydrogens is 343 g/mol. The first-order valence-corrected chi connectivity index (χ1v) is 5.60. The normalized spacial score (nSPS) is 12.2. The molecular formula is C9H8BrIN2. The molecule has 0 saturated carbocycles. The summed E-state index contributed by atoms with van der Waals surface area (Å²) < 4.78 is 2.10. The quantitative estimate of drug-likeness (QED) is 0.833. The third kappa shape index (κ3) is 2.93. The Hall–Kier alpha value is -0.120. The zero-order valence-corrected chi connectivity index (χ0v) is 10.5. The molecule has 0 unspecified atom stereocenters. The monoisotopic (exact) mass is 350 g/mol. The lowest BCUT2D eigenvalue weighted by Gasteiger charge is -2.10. The highest BCUT2D eigenvalue weighted by Crippen LogP contribution is 2.24. The number of nitrogens with two attached hydrogens (primary N) is 1. The van der Waals surface area contributed by atoms with Crippen molar-refractivity contribution in [3.8, 4) is 6.07 Å². The smallest absolute Gasteiger partial charge is 0.0641 e. The van der Waals surface area contributed by atoms with Gasteiger partial charge in [0.05, 0.1) is 12.5 Å². The first kappa shape index (κ1) is 11.0. The summed E-state index contributed by atoms with van der Waals surface area (Å²) in [5.74, 6) is 0. The van der Waals surface area contributed by atoms with E-state index in [2.05, 4.69) is 44.6 Å². The molecule has 68 valence electrons. The molecule has 13 heavy (non-hydrogen) atoms. The van der Waals surface area contributed by atoms with Crippen molar-refractivity contribution in [1.29, 1.82) is 5.26 Å². The van der Waals surface area contributed by atoms with Crippen LogP contribution in [0.3, 0.4) is 0 Å². The fourth-order valence-corrected chi connectivity index (χ4v) is 2.12. The molecule has 1 rings (SSSR count). The van der Waals surface area contributed by atoms with E-state index in [1.807, 2.05) is 18.2 Å². The number of benzene rings is 1. The van der Waals surface area contributed by atoms with Gasteiger partial charge in [0.15, 0.2) is 0 Å². The molecule has 0 bridgehead atoms. The Morgan fingerprint density at radius 1 is 1.62 bits per heavy atom. The van der Waals surface area contributed by atoms with Gasteiger partial charge < -0.3 is 5.73 Å². The van der Waals surface area contributed by atoms with Crippen LogP contribution in [0.4, 0.5) is 0 Å². The zero-order chi connectivity index (χ0) is 9.84. The third-order valence-corrected chi connectivity index (χ3v) is 3.14. The molecule has 1 aromatic rings. The second-order valence-electron chi connectivity index (χ2n) is 2.63. The Labute approximate surface area is 99.4 Å². The van der Waals surface area contributed by atoms with E-state index in [4.69, 9.17) is 11.0 Å². The van der Waals surface area contributed by atoms with Gasteiger partial charge in [-0.25, -0.2) is 0 Å². The van der Waals surface area contributed by atoms with E-state index in [0.29, 0.717) is 6.42 Å². The number of rotatable bonds is 2. The van der Waals surface area contributed by atoms with Gasteiger partial charge in [0.2, 0.25) is 0 Å². The molecule has 0 saturated heterocycles. The molecule has 0 spiro atoms. The molecule has 0 fully saturated rings. The summed E-state index contributed by atoms with van der Waals surface area (Å²) in [5.41, 5.74) is 6.85. The van der Waals surface area contributed by atoms with Crippen molar-refractivity contribution >= 4 is 38.5 Å². The van der Waals surface area contributed by atoms with Gasteiger partial charge in [0.25, 0.3) is 0 Å². The minimum Gasteiger partial charge on any atom is -0.323 e. The van der Waals surface area contributed by atoms with Crippen molar-refractivity contribution in [2.24, 2.45) is 5.73 Å². The van der Waals surface area contributed by atoms with Crippen LogP contribution in [0.2, 0.25) is 0 Å². The van der Waals surface area contributed by atoms with Crippen LogP contribution in [0.25, 0.3) is 0 Å². The summed E-state index contributed by atoms with van der Waals surface area (Å²) in [4.78, 5) is 0. The number of nitriles is 1. The maximum atomic E-state index is 8.51. The van der Waals surface area contributed by atoms with Crippen LogP contribution in [0.5, 0.6) is 0 Å². The van der Waals surface area contributed by atoms with Crippen LogP contribution in [-0.4, -0.2) is 0 Å². The predicted octanol–water partition coefficient (Wildman–Crippen LogP) is 2.97. The second kappa shape index (κ2) is 4.94. The Morgan fingerprint density at radius 2 is 2.31 bits per heavy atom. The van der Waals surface area contributed by atoms with E-state index >= 15 is 0 Å². The Balaban J connectivity index is 3.00. The van der Waals surface area contributed by atoms with Crippen molar-refractivity contribution in [3.05, 3.63) is 31.8 Å². The van der Waals surface area contributed by atoms with Crippen LogP contribution < -0.4 is 5.73 Å². The van der Waals surface area contributed by atoms with E-state index in [-0.39, 0.29) is 6.04 Å². The maximum Gasteiger partial charge on any atom is 0.0641 e. The fraction of sp³-hybridized carbons (Fsp3) is 0.222. The van der Waals surface area contributed by atoms with Crippen molar-refractivity contribution < 1.29 is 0 Å². The molecule has 0 aliphatic carbocycles. The fourth-order valence-electron chi connectivity index (χ4n) is 1.01. The standard InChI is InChI=1S/C9H8BrIN2/c10-6-1-2-8(11)7(5-6)9(13)3-4-12/h1-2,5,9H,3,13H2/t9-/m1/s1. The molecule has 0 amide bonds. The van der Waals surface area contributed by atoms with Gasteiger partial charge in [-0.2, -0.15) is 5.26 Å². The molecule has 0 aromatic heterocycles. The predicted molar refractivity (Wildman–Crippen MR) is 64.0 cm³/mol. The highest BCUT2D eigenvalue weighted by Gasteiger charge is 2.09. The molecule has 0 aliphatic heterocycles. The first-order chi connectivity index (χ1) is 6.15. The van der Waals surface area contributed by atoms with Crippen molar-refractivity contribution in [3.63, 3.8) is 0 Å². The maximum absolute atomic E-state index is 8.51. The Bertz CT molecular complexity index is 346. The largest absolute Gasteiger partial charge is 0.323 e. The highest BCUT2D eigenvalue weighted by molar-refractivity contribution is 14.1. The highest BCUT2D eigenvalue weighted by atomic mass is 127. The number of hydrogen-bond acceptors (Lipinski definition) is 2. The lowest BCUT2D eigenvalue weighted by atomic mass is 10.1. The SMILES string of the molecule is N#CC[C@@H](N)c1cc(Br)ccc1I. The number of halogens is 2. The van der Waals surface area contributed by atoms with Crippen LogP contribution in [0.1, 0.15) is 18.0 Å². The molecule has 4 heteroatoms. The summed E-state index contributed by atoms with van der Waals surface area (Å²) in [6.45, 7) is 0. The van der Waals surface area contributed by atoms with Gasteiger partial charge in [-0.1, -0.05) is 15.9 Å². The summed E-state index contributed by atoms with van der Waals surface area (Å²) in [6, 6.07) is 7.79. The van der Waals surface area contributed by atoms with Crippen LogP contribution in [-0.2, 0) is 0 Å². The summed E-state index contributed by atoms with van der Waals surface area (Å²) in [6.07, 6.45) is 0.354. The van der Waals surface area contributed by atoms with Gasteiger partial charge in [-0.15, -0.1) is 0 Å². The van der Waals surface area contributed by atoms with Gasteiger partial charge in [-0.05, 0) is 46.4 Å². The van der Waals surface area contributed by atoms with Crippen molar-refractivity contribution in [2.75, 3.05) is 0 Å². The van der Waals surface area contributed by atoms with E-state index in [0.717, 1.165) is 13.6 Å². The molecule has 0 heterocycles. The Kier molecular flexibility index (Phi) is 4.16. The van der Waals surface area contributed by atoms with Gasteiger partial charge in [-0.3, -0.25) is 0 Å².